The van der Waals surface area contributed by atoms with E-state index >= 15 is 0 Å². The number of aromatic carboxylic acids is 1. The van der Waals surface area contributed by atoms with Crippen LogP contribution < -0.4 is 4.74 Å². The van der Waals surface area contributed by atoms with Gasteiger partial charge in [0.05, 0.1) is 18.0 Å². The van der Waals surface area contributed by atoms with Crippen molar-refractivity contribution in [2.24, 2.45) is 0 Å². The van der Waals surface area contributed by atoms with E-state index in [0.29, 0.717) is 17.9 Å². The Hall–Kier alpha value is -2.82. The van der Waals surface area contributed by atoms with Crippen molar-refractivity contribution in [1.82, 2.24) is 4.98 Å². The molecule has 3 rings (SSSR count). The first kappa shape index (κ1) is 12.2. The molecule has 3 aromatic rings. The first-order valence-electron chi connectivity index (χ1n) is 6.00. The molecule has 100 valence electrons. The number of benzene rings is 1. The number of fused-ring (bicyclic) bond motifs is 1. The van der Waals surface area contributed by atoms with E-state index in [0.717, 1.165) is 10.9 Å². The van der Waals surface area contributed by atoms with E-state index in [4.69, 9.17) is 14.3 Å². The lowest BCUT2D eigenvalue weighted by Gasteiger charge is -2.03. The molecule has 0 saturated carbocycles. The van der Waals surface area contributed by atoms with Crippen molar-refractivity contribution in [1.29, 1.82) is 0 Å². The maximum Gasteiger partial charge on any atom is 0.335 e. The van der Waals surface area contributed by atoms with Crippen LogP contribution in [0.5, 0.6) is 5.75 Å². The van der Waals surface area contributed by atoms with Gasteiger partial charge in [0.1, 0.15) is 17.9 Å². The number of hydrogen-bond donors (Lipinski definition) is 1. The Bertz CT molecular complexity index is 749. The van der Waals surface area contributed by atoms with Crippen LogP contribution in [0.3, 0.4) is 0 Å². The highest BCUT2D eigenvalue weighted by Crippen LogP contribution is 2.23. The number of hydrogen-bond acceptors (Lipinski definition) is 4. The van der Waals surface area contributed by atoms with Gasteiger partial charge >= 0.3 is 5.97 Å². The number of aromatic nitrogens is 1. The smallest absolute Gasteiger partial charge is 0.335 e. The number of rotatable bonds is 4. The Labute approximate surface area is 114 Å². The van der Waals surface area contributed by atoms with Crippen LogP contribution in [0, 0.1) is 0 Å². The summed E-state index contributed by atoms with van der Waals surface area (Å²) in [5.74, 6) is -0.305. The maximum absolute atomic E-state index is 10.9. The number of carboxylic acid groups (broad SMARTS) is 1. The summed E-state index contributed by atoms with van der Waals surface area (Å²) in [6.07, 6.45) is 4.88. The molecule has 1 aromatic carbocycles. The van der Waals surface area contributed by atoms with Crippen LogP contribution in [0.1, 0.15) is 15.9 Å². The largest absolute Gasteiger partial charge is 0.487 e. The van der Waals surface area contributed by atoms with Gasteiger partial charge in [0.2, 0.25) is 0 Å². The topological polar surface area (TPSA) is 72.6 Å². The zero-order valence-electron chi connectivity index (χ0n) is 10.4. The summed E-state index contributed by atoms with van der Waals surface area (Å²) in [6, 6.07) is 8.39. The molecular formula is C15H11NO4. The Morgan fingerprint density at radius 1 is 1.35 bits per heavy atom. The number of nitrogens with zero attached hydrogens (tertiary/aromatic N) is 1. The summed E-state index contributed by atoms with van der Waals surface area (Å²) in [5.41, 5.74) is 1.60. The summed E-state index contributed by atoms with van der Waals surface area (Å²) < 4.78 is 11.0. The number of pyridine rings is 1. The van der Waals surface area contributed by atoms with Crippen LogP contribution in [-0.4, -0.2) is 16.1 Å². The van der Waals surface area contributed by atoms with Gasteiger partial charge in [-0.3, -0.25) is 4.98 Å². The van der Waals surface area contributed by atoms with Crippen molar-refractivity contribution < 1.29 is 19.1 Å². The van der Waals surface area contributed by atoms with Crippen LogP contribution in [0.25, 0.3) is 11.0 Å². The summed E-state index contributed by atoms with van der Waals surface area (Å²) >= 11 is 0. The maximum atomic E-state index is 10.9. The molecule has 1 N–H and O–H groups in total. The number of ether oxygens (including phenoxy) is 1. The van der Waals surface area contributed by atoms with Crippen molar-refractivity contribution in [2.75, 3.05) is 0 Å². The summed E-state index contributed by atoms with van der Waals surface area (Å²) in [5, 5.41) is 9.78. The van der Waals surface area contributed by atoms with Crippen LogP contribution in [-0.2, 0) is 6.61 Å². The quantitative estimate of drug-likeness (QED) is 0.787. The zero-order chi connectivity index (χ0) is 13.9. The van der Waals surface area contributed by atoms with Gasteiger partial charge in [-0.15, -0.1) is 0 Å². The van der Waals surface area contributed by atoms with E-state index in [9.17, 15) is 4.79 Å². The van der Waals surface area contributed by atoms with Gasteiger partial charge in [0, 0.05) is 17.1 Å². The molecule has 0 unspecified atom stereocenters. The van der Waals surface area contributed by atoms with E-state index in [-0.39, 0.29) is 5.56 Å². The van der Waals surface area contributed by atoms with Crippen molar-refractivity contribution in [2.45, 2.75) is 6.61 Å². The van der Waals surface area contributed by atoms with Gasteiger partial charge in [0.25, 0.3) is 0 Å². The van der Waals surface area contributed by atoms with Gasteiger partial charge in [-0.1, -0.05) is 0 Å². The minimum atomic E-state index is -0.976. The second kappa shape index (κ2) is 5.05. The molecule has 0 aliphatic carbocycles. The molecule has 0 fully saturated rings. The standard InChI is InChI=1S/C15H11NO4/c17-15(18)10-3-4-13-11(9-20-14(13)6-10)8-19-12-2-1-5-16-7-12/h1-7,9H,8H2,(H,17,18). The van der Waals surface area contributed by atoms with Crippen LogP contribution >= 0.6 is 0 Å². The van der Waals surface area contributed by atoms with E-state index < -0.39 is 5.97 Å². The molecule has 0 aliphatic rings. The number of carbonyl (C=O) groups is 1. The van der Waals surface area contributed by atoms with E-state index in [1.165, 1.54) is 6.07 Å². The van der Waals surface area contributed by atoms with Gasteiger partial charge in [-0.25, -0.2) is 4.79 Å². The molecule has 0 spiro atoms. The third-order valence-corrected chi connectivity index (χ3v) is 2.93. The van der Waals surface area contributed by atoms with Gasteiger partial charge in [-0.05, 0) is 30.3 Å². The Balaban J connectivity index is 1.84. The molecule has 0 radical (unpaired) electrons. The van der Waals surface area contributed by atoms with Crippen molar-refractivity contribution in [3.05, 3.63) is 60.1 Å². The normalized spacial score (nSPS) is 10.6. The third-order valence-electron chi connectivity index (χ3n) is 2.93. The molecule has 2 aromatic heterocycles. The molecule has 5 heteroatoms. The molecule has 0 atom stereocenters. The molecule has 5 nitrogen and oxygen atoms in total. The molecule has 0 amide bonds. The van der Waals surface area contributed by atoms with Gasteiger partial charge in [0.15, 0.2) is 0 Å². The summed E-state index contributed by atoms with van der Waals surface area (Å²) in [6.45, 7) is 0.338. The van der Waals surface area contributed by atoms with Crippen LogP contribution in [0.15, 0.2) is 53.4 Å². The Kier molecular flexibility index (Phi) is 3.09. The molecule has 20 heavy (non-hydrogen) atoms. The fraction of sp³-hybridized carbons (Fsp3) is 0.0667. The minimum absolute atomic E-state index is 0.201. The van der Waals surface area contributed by atoms with Crippen molar-refractivity contribution in [3.8, 4) is 5.75 Å². The predicted octanol–water partition coefficient (Wildman–Crippen LogP) is 3.11. The lowest BCUT2D eigenvalue weighted by molar-refractivity contribution is 0.0697. The lowest BCUT2D eigenvalue weighted by Crippen LogP contribution is -1.96. The highest BCUT2D eigenvalue weighted by atomic mass is 16.5. The average Bonchev–Trinajstić information content (AvgIpc) is 2.88. The first-order chi connectivity index (χ1) is 9.74. The molecule has 0 aliphatic heterocycles. The SMILES string of the molecule is O=C(O)c1ccc2c(COc3cccnc3)coc2c1. The Morgan fingerprint density at radius 3 is 3.00 bits per heavy atom. The average molecular weight is 269 g/mol. The lowest BCUT2D eigenvalue weighted by atomic mass is 10.1. The van der Waals surface area contributed by atoms with Gasteiger partial charge < -0.3 is 14.3 Å². The van der Waals surface area contributed by atoms with E-state index in [1.54, 1.807) is 36.9 Å². The monoisotopic (exact) mass is 269 g/mol. The van der Waals surface area contributed by atoms with E-state index in [2.05, 4.69) is 4.98 Å². The molecule has 0 bridgehead atoms. The van der Waals surface area contributed by atoms with E-state index in [1.807, 2.05) is 6.07 Å². The highest BCUT2D eigenvalue weighted by Gasteiger charge is 2.10. The first-order valence-corrected chi connectivity index (χ1v) is 6.00. The fourth-order valence-electron chi connectivity index (χ4n) is 1.92. The van der Waals surface area contributed by atoms with Crippen molar-refractivity contribution >= 4 is 16.9 Å². The summed E-state index contributed by atoms with van der Waals surface area (Å²) in [7, 11) is 0. The molecule has 0 saturated heterocycles. The minimum Gasteiger partial charge on any atom is -0.487 e. The van der Waals surface area contributed by atoms with Crippen molar-refractivity contribution in [3.63, 3.8) is 0 Å². The predicted molar refractivity (Wildman–Crippen MR) is 71.7 cm³/mol. The highest BCUT2D eigenvalue weighted by molar-refractivity contribution is 5.93. The summed E-state index contributed by atoms with van der Waals surface area (Å²) in [4.78, 5) is 14.9. The van der Waals surface area contributed by atoms with Gasteiger partial charge in [-0.2, -0.15) is 0 Å². The zero-order valence-corrected chi connectivity index (χ0v) is 10.4. The second-order valence-electron chi connectivity index (χ2n) is 4.25. The Morgan fingerprint density at radius 2 is 2.25 bits per heavy atom. The fourth-order valence-corrected chi connectivity index (χ4v) is 1.92. The second-order valence-corrected chi connectivity index (χ2v) is 4.25. The molecular weight excluding hydrogens is 258 g/mol. The number of carboxylic acids is 1. The van der Waals surface area contributed by atoms with Crippen LogP contribution in [0.4, 0.5) is 0 Å². The van der Waals surface area contributed by atoms with Crippen LogP contribution in [0.2, 0.25) is 0 Å². The third kappa shape index (κ3) is 2.33. The molecule has 2 heterocycles. The number of furan rings is 1.